The molecule has 0 aliphatic carbocycles. The van der Waals surface area contributed by atoms with E-state index in [4.69, 9.17) is 21.1 Å². The van der Waals surface area contributed by atoms with Gasteiger partial charge in [-0.15, -0.1) is 10.2 Å². The maximum atomic E-state index is 13.2. The SMILES string of the molecule is CO[C@H](c1ncc(Cl)cn1)[C@H](C)S(=O)(=O)Nc1nnc([C@@H]2CCC(C)(C)O2)n1C(C)C. The van der Waals surface area contributed by atoms with Gasteiger partial charge in [0.15, 0.2) is 11.6 Å². The molecule has 0 unspecified atom stereocenters. The Hall–Kier alpha value is -1.82. The summed E-state index contributed by atoms with van der Waals surface area (Å²) >= 11 is 5.83. The molecule has 1 saturated heterocycles. The normalized spacial score (nSPS) is 20.7. The Balaban J connectivity index is 1.87. The molecule has 1 fully saturated rings. The van der Waals surface area contributed by atoms with Gasteiger partial charge >= 0.3 is 0 Å². The van der Waals surface area contributed by atoms with Crippen molar-refractivity contribution in [2.45, 2.75) is 76.6 Å². The van der Waals surface area contributed by atoms with Crippen molar-refractivity contribution in [1.29, 1.82) is 0 Å². The lowest BCUT2D eigenvalue weighted by Gasteiger charge is -2.23. The first-order valence-corrected chi connectivity index (χ1v) is 12.0. The number of aromatic nitrogens is 5. The van der Waals surface area contributed by atoms with Crippen LogP contribution in [0, 0.1) is 0 Å². The van der Waals surface area contributed by atoms with Crippen molar-refractivity contribution < 1.29 is 17.9 Å². The number of ether oxygens (including phenoxy) is 2. The van der Waals surface area contributed by atoms with Gasteiger partial charge < -0.3 is 9.47 Å². The highest BCUT2D eigenvalue weighted by atomic mass is 35.5. The minimum Gasteiger partial charge on any atom is -0.372 e. The second-order valence-corrected chi connectivity index (χ2v) is 11.0. The zero-order valence-corrected chi connectivity index (χ0v) is 20.1. The molecule has 0 saturated carbocycles. The molecule has 2 aromatic rings. The monoisotopic (exact) mass is 472 g/mol. The number of rotatable bonds is 8. The average Bonchev–Trinajstić information content (AvgIpc) is 3.26. The largest absolute Gasteiger partial charge is 0.372 e. The van der Waals surface area contributed by atoms with Crippen LogP contribution in [0.4, 0.5) is 5.95 Å². The van der Waals surface area contributed by atoms with Crippen LogP contribution < -0.4 is 4.72 Å². The summed E-state index contributed by atoms with van der Waals surface area (Å²) in [5, 5.41) is 7.71. The summed E-state index contributed by atoms with van der Waals surface area (Å²) in [6.07, 6.45) is 3.33. The number of nitrogens with one attached hydrogen (secondary N) is 1. The van der Waals surface area contributed by atoms with E-state index in [0.717, 1.165) is 12.8 Å². The molecule has 1 aliphatic rings. The highest BCUT2D eigenvalue weighted by molar-refractivity contribution is 7.93. The van der Waals surface area contributed by atoms with Gasteiger partial charge in [0.2, 0.25) is 16.0 Å². The number of nitrogens with zero attached hydrogens (tertiary/aromatic N) is 5. The molecule has 3 atom stereocenters. The van der Waals surface area contributed by atoms with Gasteiger partial charge in [0.05, 0.1) is 10.6 Å². The molecule has 172 valence electrons. The highest BCUT2D eigenvalue weighted by Crippen LogP contribution is 2.39. The molecular weight excluding hydrogens is 444 g/mol. The number of sulfonamides is 1. The summed E-state index contributed by atoms with van der Waals surface area (Å²) in [5.41, 5.74) is -0.253. The molecule has 0 radical (unpaired) electrons. The third kappa shape index (κ3) is 5.16. The van der Waals surface area contributed by atoms with E-state index in [1.807, 2.05) is 27.7 Å². The van der Waals surface area contributed by atoms with E-state index in [-0.39, 0.29) is 29.5 Å². The van der Waals surface area contributed by atoms with Gasteiger partial charge in [-0.1, -0.05) is 11.6 Å². The van der Waals surface area contributed by atoms with Crippen LogP contribution in [-0.4, -0.2) is 51.1 Å². The van der Waals surface area contributed by atoms with E-state index < -0.39 is 21.4 Å². The Morgan fingerprint density at radius 2 is 1.90 bits per heavy atom. The molecule has 3 heterocycles. The van der Waals surface area contributed by atoms with Crippen LogP contribution in [0.1, 0.15) is 77.4 Å². The molecule has 1 N–H and O–H groups in total. The van der Waals surface area contributed by atoms with Crippen LogP contribution in [0.15, 0.2) is 12.4 Å². The third-order valence-corrected chi connectivity index (χ3v) is 7.18. The summed E-state index contributed by atoms with van der Waals surface area (Å²) in [6, 6.07) is -0.0804. The van der Waals surface area contributed by atoms with Gasteiger partial charge in [-0.3, -0.25) is 9.29 Å². The molecule has 0 spiro atoms. The van der Waals surface area contributed by atoms with Crippen LogP contribution in [0.3, 0.4) is 0 Å². The van der Waals surface area contributed by atoms with Gasteiger partial charge in [0.25, 0.3) is 0 Å². The number of methoxy groups -OCH3 is 1. The third-order valence-electron chi connectivity index (χ3n) is 5.29. The summed E-state index contributed by atoms with van der Waals surface area (Å²) in [5.74, 6) is 0.963. The van der Waals surface area contributed by atoms with Gasteiger partial charge in [0.1, 0.15) is 17.5 Å². The van der Waals surface area contributed by atoms with Crippen molar-refractivity contribution in [2.75, 3.05) is 11.8 Å². The lowest BCUT2D eigenvalue weighted by molar-refractivity contribution is -0.0218. The lowest BCUT2D eigenvalue weighted by Crippen LogP contribution is -2.33. The molecule has 1 aliphatic heterocycles. The van der Waals surface area contributed by atoms with Crippen molar-refractivity contribution in [1.82, 2.24) is 24.7 Å². The van der Waals surface area contributed by atoms with Crippen LogP contribution in [0.25, 0.3) is 0 Å². The minimum absolute atomic E-state index is 0.0804. The fraction of sp³-hybridized carbons (Fsp3) is 0.684. The summed E-state index contributed by atoms with van der Waals surface area (Å²) in [4.78, 5) is 8.19. The van der Waals surface area contributed by atoms with Crippen molar-refractivity contribution >= 4 is 27.6 Å². The number of halogens is 1. The molecule has 2 aromatic heterocycles. The predicted molar refractivity (Wildman–Crippen MR) is 116 cm³/mol. The molecule has 12 heteroatoms. The molecule has 0 bridgehead atoms. The summed E-state index contributed by atoms with van der Waals surface area (Å²) in [7, 11) is -2.52. The van der Waals surface area contributed by atoms with Crippen LogP contribution in [-0.2, 0) is 19.5 Å². The predicted octanol–water partition coefficient (Wildman–Crippen LogP) is 3.45. The topological polar surface area (TPSA) is 121 Å². The smallest absolute Gasteiger partial charge is 0.240 e. The Morgan fingerprint density at radius 3 is 2.42 bits per heavy atom. The molecule has 0 amide bonds. The van der Waals surface area contributed by atoms with Crippen molar-refractivity contribution in [3.63, 3.8) is 0 Å². The van der Waals surface area contributed by atoms with Crippen LogP contribution >= 0.6 is 11.6 Å². The Bertz CT molecular complexity index is 1010. The van der Waals surface area contributed by atoms with Gasteiger partial charge in [-0.2, -0.15) is 0 Å². The Labute approximate surface area is 187 Å². The van der Waals surface area contributed by atoms with E-state index in [9.17, 15) is 8.42 Å². The minimum atomic E-state index is -3.92. The molecule has 0 aromatic carbocycles. The summed E-state index contributed by atoms with van der Waals surface area (Å²) in [6.45, 7) is 9.45. The second kappa shape index (κ2) is 8.97. The average molecular weight is 473 g/mol. The maximum absolute atomic E-state index is 13.2. The van der Waals surface area contributed by atoms with E-state index in [1.54, 1.807) is 4.57 Å². The molecule has 31 heavy (non-hydrogen) atoms. The summed E-state index contributed by atoms with van der Waals surface area (Å²) < 4.78 is 42.2. The van der Waals surface area contributed by atoms with Gasteiger partial charge in [-0.05, 0) is 47.5 Å². The first kappa shape index (κ1) is 23.8. The standard InChI is InChI=1S/C19H29ClN6O4S/c1-11(2)26-17(14-7-8-19(4,5)30-14)23-24-18(26)25-31(27,28)12(3)15(29-6)16-21-9-13(20)10-22-16/h9-12,14-15H,7-8H2,1-6H3,(H,24,25)/t12-,14-,15-/m0/s1. The maximum Gasteiger partial charge on any atom is 0.240 e. The number of hydrogen-bond acceptors (Lipinski definition) is 8. The highest BCUT2D eigenvalue weighted by Gasteiger charge is 2.38. The number of anilines is 1. The fourth-order valence-electron chi connectivity index (χ4n) is 3.62. The van der Waals surface area contributed by atoms with E-state index >= 15 is 0 Å². The Morgan fingerprint density at radius 1 is 1.26 bits per heavy atom. The molecular formula is C19H29ClN6O4S. The Kier molecular flexibility index (Phi) is 6.90. The first-order chi connectivity index (χ1) is 14.4. The molecule has 10 nitrogen and oxygen atoms in total. The van der Waals surface area contributed by atoms with Crippen LogP contribution in [0.2, 0.25) is 5.02 Å². The van der Waals surface area contributed by atoms with Gasteiger partial charge in [-0.25, -0.2) is 18.4 Å². The van der Waals surface area contributed by atoms with Crippen LogP contribution in [0.5, 0.6) is 0 Å². The quantitative estimate of drug-likeness (QED) is 0.619. The zero-order valence-electron chi connectivity index (χ0n) is 18.5. The van der Waals surface area contributed by atoms with E-state index in [0.29, 0.717) is 10.8 Å². The van der Waals surface area contributed by atoms with Gasteiger partial charge in [0, 0.05) is 25.5 Å². The van der Waals surface area contributed by atoms with E-state index in [2.05, 4.69) is 24.9 Å². The first-order valence-electron chi connectivity index (χ1n) is 10.1. The van der Waals surface area contributed by atoms with Crippen molar-refractivity contribution in [2.24, 2.45) is 0 Å². The number of hydrogen-bond donors (Lipinski definition) is 1. The fourth-order valence-corrected chi connectivity index (χ4v) is 4.86. The lowest BCUT2D eigenvalue weighted by atomic mass is 10.1. The van der Waals surface area contributed by atoms with Crippen molar-refractivity contribution in [3.05, 3.63) is 29.1 Å². The zero-order chi connectivity index (χ0) is 23.0. The second-order valence-electron chi connectivity index (χ2n) is 8.52. The molecule has 3 rings (SSSR count). The van der Waals surface area contributed by atoms with E-state index in [1.165, 1.54) is 26.4 Å². The van der Waals surface area contributed by atoms with Crippen molar-refractivity contribution in [3.8, 4) is 0 Å².